The highest BCUT2D eigenvalue weighted by Crippen LogP contribution is 2.32. The molecule has 1 aliphatic carbocycles. The number of fused-ring (bicyclic) bond motifs is 1. The van der Waals surface area contributed by atoms with Gasteiger partial charge < -0.3 is 15.2 Å². The Morgan fingerprint density at radius 1 is 1.20 bits per heavy atom. The normalized spacial score (nSPS) is 21.9. The molecule has 8 nitrogen and oxygen atoms in total. The van der Waals surface area contributed by atoms with E-state index in [4.69, 9.17) is 9.72 Å². The van der Waals surface area contributed by atoms with E-state index in [1.165, 1.54) is 0 Å². The molecule has 1 amide bonds. The molecule has 30 heavy (non-hydrogen) atoms. The number of rotatable bonds is 5. The van der Waals surface area contributed by atoms with Crippen molar-refractivity contribution in [2.24, 2.45) is 5.92 Å². The fourth-order valence-electron chi connectivity index (χ4n) is 4.11. The largest absolute Gasteiger partial charge is 0.384 e. The zero-order valence-corrected chi connectivity index (χ0v) is 17.8. The highest BCUT2D eigenvalue weighted by molar-refractivity contribution is 6.00. The summed E-state index contributed by atoms with van der Waals surface area (Å²) in [4.78, 5) is 28.1. The number of carbonyl (C=O) groups is 1. The molecule has 0 radical (unpaired) electrons. The Hall–Kier alpha value is -2.58. The Kier molecular flexibility index (Phi) is 5.71. The van der Waals surface area contributed by atoms with Crippen molar-refractivity contribution in [3.8, 4) is 11.3 Å². The Balaban J connectivity index is 1.57. The lowest BCUT2D eigenvalue weighted by molar-refractivity contribution is -0.117. The van der Waals surface area contributed by atoms with Crippen molar-refractivity contribution in [3.63, 3.8) is 0 Å². The van der Waals surface area contributed by atoms with E-state index in [1.54, 1.807) is 44.3 Å². The third-order valence-corrected chi connectivity index (χ3v) is 5.97. The summed E-state index contributed by atoms with van der Waals surface area (Å²) in [6.45, 7) is 4.28. The van der Waals surface area contributed by atoms with Crippen molar-refractivity contribution in [1.29, 1.82) is 0 Å². The Morgan fingerprint density at radius 2 is 1.97 bits per heavy atom. The van der Waals surface area contributed by atoms with E-state index in [1.807, 2.05) is 6.07 Å². The Labute approximate surface area is 176 Å². The molecule has 2 aromatic rings. The number of nitrogens with zero attached hydrogens (tertiary/aromatic N) is 4. The van der Waals surface area contributed by atoms with Crippen LogP contribution in [-0.2, 0) is 15.1 Å². The van der Waals surface area contributed by atoms with Gasteiger partial charge in [-0.3, -0.25) is 14.7 Å². The van der Waals surface area contributed by atoms with Crippen molar-refractivity contribution in [3.05, 3.63) is 30.2 Å². The van der Waals surface area contributed by atoms with E-state index in [0.29, 0.717) is 41.6 Å². The van der Waals surface area contributed by atoms with Gasteiger partial charge in [0.2, 0.25) is 5.91 Å². The molecule has 160 valence electrons. The van der Waals surface area contributed by atoms with Crippen LogP contribution in [0.4, 0.5) is 11.6 Å². The summed E-state index contributed by atoms with van der Waals surface area (Å²) in [6, 6.07) is 3.65. The first-order chi connectivity index (χ1) is 14.3. The number of carbonyl (C=O) groups excluding carboxylic acids is 1. The van der Waals surface area contributed by atoms with Crippen LogP contribution < -0.4 is 10.2 Å². The molecule has 0 aromatic carbocycles. The average Bonchev–Trinajstić information content (AvgIpc) is 2.75. The van der Waals surface area contributed by atoms with Crippen LogP contribution in [0.1, 0.15) is 45.2 Å². The molecule has 2 N–H and O–H groups in total. The summed E-state index contributed by atoms with van der Waals surface area (Å²) in [6.07, 6.45) is 7.83. The Morgan fingerprint density at radius 3 is 2.60 bits per heavy atom. The number of methoxy groups -OCH3 is 1. The fraction of sp³-hybridized carbons (Fsp3) is 0.545. The Bertz CT molecular complexity index is 902. The summed E-state index contributed by atoms with van der Waals surface area (Å²) in [5.41, 5.74) is 1.02. The molecule has 1 saturated carbocycles. The monoisotopic (exact) mass is 411 g/mol. The zero-order valence-electron chi connectivity index (χ0n) is 17.8. The minimum atomic E-state index is -1.00. The standard InChI is InChI=1S/C22H29N5O3/c1-22(2,29)18-9-6-15(10-23-18)17-11-24-20-21(26-17)27(19(28)12-25-20)13-14-4-7-16(30-3)8-5-14/h6,9-11,14,16,29H,4-5,7-8,12-13H2,1-3H3,(H,24,25)/t14-,16-. The van der Waals surface area contributed by atoms with Crippen LogP contribution >= 0.6 is 0 Å². The maximum Gasteiger partial charge on any atom is 0.247 e. The molecule has 8 heteroatoms. The summed E-state index contributed by atoms with van der Waals surface area (Å²) < 4.78 is 5.47. The van der Waals surface area contributed by atoms with E-state index in [9.17, 15) is 9.90 Å². The van der Waals surface area contributed by atoms with Gasteiger partial charge in [0.1, 0.15) is 5.60 Å². The average molecular weight is 412 g/mol. The van der Waals surface area contributed by atoms with Gasteiger partial charge in [-0.2, -0.15) is 0 Å². The summed E-state index contributed by atoms with van der Waals surface area (Å²) >= 11 is 0. The van der Waals surface area contributed by atoms with E-state index in [2.05, 4.69) is 15.3 Å². The van der Waals surface area contributed by atoms with Gasteiger partial charge in [0.05, 0.1) is 30.2 Å². The lowest BCUT2D eigenvalue weighted by Gasteiger charge is -2.34. The molecule has 1 aliphatic heterocycles. The van der Waals surface area contributed by atoms with Crippen LogP contribution in [0.15, 0.2) is 24.5 Å². The van der Waals surface area contributed by atoms with E-state index < -0.39 is 5.60 Å². The third-order valence-electron chi connectivity index (χ3n) is 5.97. The number of hydrogen-bond acceptors (Lipinski definition) is 7. The molecular weight excluding hydrogens is 382 g/mol. The van der Waals surface area contributed by atoms with Crippen LogP contribution in [-0.4, -0.2) is 52.3 Å². The zero-order chi connectivity index (χ0) is 21.3. The highest BCUT2D eigenvalue weighted by atomic mass is 16.5. The van der Waals surface area contributed by atoms with Crippen molar-refractivity contribution in [1.82, 2.24) is 15.0 Å². The number of ether oxygens (including phenoxy) is 1. The molecule has 0 spiro atoms. The summed E-state index contributed by atoms with van der Waals surface area (Å²) in [7, 11) is 1.77. The van der Waals surface area contributed by atoms with E-state index in [-0.39, 0.29) is 12.5 Å². The van der Waals surface area contributed by atoms with Crippen molar-refractivity contribution in [2.75, 3.05) is 30.4 Å². The first kappa shape index (κ1) is 20.7. The van der Waals surface area contributed by atoms with E-state index in [0.717, 1.165) is 31.2 Å². The van der Waals surface area contributed by atoms with Crippen LogP contribution in [0.5, 0.6) is 0 Å². The van der Waals surface area contributed by atoms with Crippen LogP contribution in [0.2, 0.25) is 0 Å². The molecule has 2 aliphatic rings. The minimum Gasteiger partial charge on any atom is -0.384 e. The van der Waals surface area contributed by atoms with Gasteiger partial charge in [0.15, 0.2) is 11.6 Å². The number of aromatic nitrogens is 3. The lowest BCUT2D eigenvalue weighted by Crippen LogP contribution is -2.44. The van der Waals surface area contributed by atoms with Crippen LogP contribution in [0, 0.1) is 5.92 Å². The van der Waals surface area contributed by atoms with Gasteiger partial charge in [-0.15, -0.1) is 0 Å². The molecular formula is C22H29N5O3. The smallest absolute Gasteiger partial charge is 0.247 e. The number of anilines is 2. The maximum absolute atomic E-state index is 12.7. The first-order valence-electron chi connectivity index (χ1n) is 10.5. The van der Waals surface area contributed by atoms with Crippen molar-refractivity contribution < 1.29 is 14.6 Å². The number of amides is 1. The predicted octanol–water partition coefficient (Wildman–Crippen LogP) is 2.73. The SMILES string of the molecule is CO[C@H]1CC[C@H](CN2C(=O)CNc3ncc(-c4ccc(C(C)(C)O)nc4)nc32)CC1. The van der Waals surface area contributed by atoms with Crippen LogP contribution in [0.3, 0.4) is 0 Å². The van der Waals surface area contributed by atoms with E-state index >= 15 is 0 Å². The number of pyridine rings is 1. The second-order valence-electron chi connectivity index (χ2n) is 8.65. The second kappa shape index (κ2) is 8.28. The number of hydrogen-bond donors (Lipinski definition) is 2. The topological polar surface area (TPSA) is 100 Å². The quantitative estimate of drug-likeness (QED) is 0.780. The molecule has 0 saturated heterocycles. The van der Waals surface area contributed by atoms with Gasteiger partial charge in [0.25, 0.3) is 0 Å². The lowest BCUT2D eigenvalue weighted by atomic mass is 9.87. The highest BCUT2D eigenvalue weighted by Gasteiger charge is 2.31. The van der Waals surface area contributed by atoms with Crippen molar-refractivity contribution in [2.45, 2.75) is 51.2 Å². The van der Waals surface area contributed by atoms with Gasteiger partial charge in [-0.05, 0) is 57.6 Å². The predicted molar refractivity (Wildman–Crippen MR) is 114 cm³/mol. The van der Waals surface area contributed by atoms with Crippen LogP contribution in [0.25, 0.3) is 11.3 Å². The maximum atomic E-state index is 12.7. The van der Waals surface area contributed by atoms with Gasteiger partial charge in [-0.1, -0.05) is 0 Å². The summed E-state index contributed by atoms with van der Waals surface area (Å²) in [5.74, 6) is 1.65. The molecule has 0 atom stereocenters. The fourth-order valence-corrected chi connectivity index (χ4v) is 4.11. The number of aliphatic hydroxyl groups is 1. The second-order valence-corrected chi connectivity index (χ2v) is 8.65. The molecule has 4 rings (SSSR count). The van der Waals surface area contributed by atoms with Crippen molar-refractivity contribution >= 4 is 17.5 Å². The van der Waals surface area contributed by atoms with Gasteiger partial charge in [-0.25, -0.2) is 9.97 Å². The molecule has 0 bridgehead atoms. The molecule has 1 fully saturated rings. The third kappa shape index (κ3) is 4.29. The first-order valence-corrected chi connectivity index (χ1v) is 10.5. The number of nitrogens with one attached hydrogen (secondary N) is 1. The molecule has 0 unspecified atom stereocenters. The summed E-state index contributed by atoms with van der Waals surface area (Å²) in [5, 5.41) is 13.2. The minimum absolute atomic E-state index is 0.0123. The molecule has 2 aromatic heterocycles. The molecule has 3 heterocycles. The van der Waals surface area contributed by atoms with Gasteiger partial charge >= 0.3 is 0 Å². The van der Waals surface area contributed by atoms with Gasteiger partial charge in [0, 0.05) is 25.4 Å².